The molecule has 0 unspecified atom stereocenters. The van der Waals surface area contributed by atoms with Crippen LogP contribution < -0.4 is 20.1 Å². The number of hydrogen-bond acceptors (Lipinski definition) is 5. The number of carboxylic acids is 1. The van der Waals surface area contributed by atoms with E-state index in [0.717, 1.165) is 0 Å². The lowest BCUT2D eigenvalue weighted by Crippen LogP contribution is -2.39. The Kier molecular flexibility index (Phi) is 5.33. The number of carboxylic acid groups (broad SMARTS) is 1. The summed E-state index contributed by atoms with van der Waals surface area (Å²) < 4.78 is 10.1. The van der Waals surface area contributed by atoms with Crippen LogP contribution in [0.25, 0.3) is 0 Å². The maximum Gasteiger partial charge on any atom is 0.335 e. The number of urea groups is 1. The van der Waals surface area contributed by atoms with Crippen LogP contribution in [0.5, 0.6) is 11.5 Å². The topological polar surface area (TPSA) is 114 Å². The molecule has 0 aliphatic carbocycles. The lowest BCUT2D eigenvalue weighted by Gasteiger charge is -2.11. The Bertz CT molecular complexity index is 529. The second kappa shape index (κ2) is 6.98. The van der Waals surface area contributed by atoms with Crippen molar-refractivity contribution in [2.75, 3.05) is 20.8 Å². The molecular weight excluding hydrogens is 268 g/mol. The van der Waals surface area contributed by atoms with E-state index in [4.69, 9.17) is 14.6 Å². The van der Waals surface area contributed by atoms with Crippen LogP contribution in [0.3, 0.4) is 0 Å². The van der Waals surface area contributed by atoms with Crippen LogP contribution in [-0.2, 0) is 4.79 Å². The second-order valence-corrected chi connectivity index (χ2v) is 3.59. The molecule has 1 aromatic rings. The van der Waals surface area contributed by atoms with Gasteiger partial charge in [-0.05, 0) is 18.2 Å². The van der Waals surface area contributed by atoms with Crippen molar-refractivity contribution in [3.63, 3.8) is 0 Å². The highest BCUT2D eigenvalue weighted by Gasteiger charge is 2.12. The number of nitrogens with one attached hydrogen (secondary N) is 2. The van der Waals surface area contributed by atoms with E-state index in [2.05, 4.69) is 5.32 Å². The monoisotopic (exact) mass is 282 g/mol. The van der Waals surface area contributed by atoms with Gasteiger partial charge in [-0.25, -0.2) is 9.59 Å². The first-order valence-corrected chi connectivity index (χ1v) is 5.53. The maximum atomic E-state index is 11.3. The minimum Gasteiger partial charge on any atom is -0.493 e. The highest BCUT2D eigenvalue weighted by molar-refractivity contribution is 5.95. The number of rotatable bonds is 5. The lowest BCUT2D eigenvalue weighted by atomic mass is 10.2. The summed E-state index contributed by atoms with van der Waals surface area (Å²) in [6.45, 7) is -0.407. The molecule has 0 fully saturated rings. The third-order valence-corrected chi connectivity index (χ3v) is 2.25. The van der Waals surface area contributed by atoms with E-state index in [9.17, 15) is 14.4 Å². The lowest BCUT2D eigenvalue weighted by molar-refractivity contribution is -0.122. The maximum absolute atomic E-state index is 11.3. The predicted molar refractivity (Wildman–Crippen MR) is 68.0 cm³/mol. The number of hydrogen-bond donors (Lipinski definition) is 3. The standard InChI is InChI=1S/C12H14N2O6/c1-13-12(18)14-10(15)6-20-8-4-3-7(11(16)17)5-9(8)19-2/h3-5H,6H2,1-2H3,(H,16,17)(H2,13,14,15,18). The highest BCUT2D eigenvalue weighted by atomic mass is 16.5. The molecule has 20 heavy (non-hydrogen) atoms. The number of imide groups is 1. The Morgan fingerprint density at radius 2 is 1.95 bits per heavy atom. The number of amides is 3. The first kappa shape index (κ1) is 15.3. The largest absolute Gasteiger partial charge is 0.493 e. The molecule has 1 aromatic carbocycles. The molecule has 0 aliphatic heterocycles. The van der Waals surface area contributed by atoms with E-state index < -0.39 is 24.5 Å². The van der Waals surface area contributed by atoms with Crippen molar-refractivity contribution in [2.45, 2.75) is 0 Å². The fraction of sp³-hybridized carbons (Fsp3) is 0.250. The first-order valence-electron chi connectivity index (χ1n) is 5.53. The molecule has 0 saturated carbocycles. The average Bonchev–Trinajstić information content (AvgIpc) is 2.44. The Labute approximate surface area is 114 Å². The molecule has 3 N–H and O–H groups in total. The van der Waals surface area contributed by atoms with Gasteiger partial charge in [-0.2, -0.15) is 0 Å². The van der Waals surface area contributed by atoms with Gasteiger partial charge >= 0.3 is 12.0 Å². The Balaban J connectivity index is 2.70. The van der Waals surface area contributed by atoms with Crippen LogP contribution in [0.4, 0.5) is 4.79 Å². The smallest absolute Gasteiger partial charge is 0.335 e. The van der Waals surface area contributed by atoms with Gasteiger partial charge in [-0.3, -0.25) is 10.1 Å². The summed E-state index contributed by atoms with van der Waals surface area (Å²) in [5, 5.41) is 13.1. The molecule has 0 bridgehead atoms. The summed E-state index contributed by atoms with van der Waals surface area (Å²) >= 11 is 0. The summed E-state index contributed by atoms with van der Waals surface area (Å²) in [4.78, 5) is 33.0. The molecule has 108 valence electrons. The zero-order valence-electron chi connectivity index (χ0n) is 10.9. The number of ether oxygens (including phenoxy) is 2. The second-order valence-electron chi connectivity index (χ2n) is 3.59. The van der Waals surface area contributed by atoms with Crippen LogP contribution in [-0.4, -0.2) is 43.8 Å². The van der Waals surface area contributed by atoms with E-state index in [0.29, 0.717) is 0 Å². The summed E-state index contributed by atoms with van der Waals surface area (Å²) in [7, 11) is 2.72. The van der Waals surface area contributed by atoms with E-state index >= 15 is 0 Å². The van der Waals surface area contributed by atoms with E-state index in [-0.39, 0.29) is 17.1 Å². The molecule has 8 nitrogen and oxygen atoms in total. The predicted octanol–water partition coefficient (Wildman–Crippen LogP) is 0.228. The molecule has 0 spiro atoms. The first-order chi connectivity index (χ1) is 9.47. The number of carbonyl (C=O) groups excluding carboxylic acids is 2. The molecule has 0 radical (unpaired) electrons. The quantitative estimate of drug-likeness (QED) is 0.712. The van der Waals surface area contributed by atoms with Crippen molar-refractivity contribution in [1.82, 2.24) is 10.6 Å². The molecule has 0 heterocycles. The van der Waals surface area contributed by atoms with Crippen LogP contribution in [0.15, 0.2) is 18.2 Å². The van der Waals surface area contributed by atoms with Gasteiger partial charge in [0.1, 0.15) is 0 Å². The van der Waals surface area contributed by atoms with Gasteiger partial charge in [-0.1, -0.05) is 0 Å². The number of benzene rings is 1. The van der Waals surface area contributed by atoms with Gasteiger partial charge in [0, 0.05) is 7.05 Å². The minimum absolute atomic E-state index is 0.0315. The van der Waals surface area contributed by atoms with Gasteiger partial charge in [0.25, 0.3) is 5.91 Å². The van der Waals surface area contributed by atoms with Crippen LogP contribution >= 0.6 is 0 Å². The van der Waals surface area contributed by atoms with Gasteiger partial charge in [0.05, 0.1) is 12.7 Å². The zero-order chi connectivity index (χ0) is 15.1. The van der Waals surface area contributed by atoms with E-state index in [1.54, 1.807) is 0 Å². The summed E-state index contributed by atoms with van der Waals surface area (Å²) in [5.41, 5.74) is 0.0315. The van der Waals surface area contributed by atoms with Gasteiger partial charge in [-0.15, -0.1) is 0 Å². The Hall–Kier alpha value is -2.77. The minimum atomic E-state index is -1.10. The number of methoxy groups -OCH3 is 1. The molecule has 0 saturated heterocycles. The molecule has 8 heteroatoms. The van der Waals surface area contributed by atoms with Crippen molar-refractivity contribution in [1.29, 1.82) is 0 Å². The highest BCUT2D eigenvalue weighted by Crippen LogP contribution is 2.27. The van der Waals surface area contributed by atoms with Gasteiger partial charge in [0.15, 0.2) is 18.1 Å². The van der Waals surface area contributed by atoms with Crippen molar-refractivity contribution in [3.05, 3.63) is 23.8 Å². The molecule has 3 amide bonds. The third kappa shape index (κ3) is 4.16. The fourth-order valence-electron chi connectivity index (χ4n) is 1.29. The SMILES string of the molecule is CNC(=O)NC(=O)COc1ccc(C(=O)O)cc1OC. The Morgan fingerprint density at radius 1 is 1.25 bits per heavy atom. The average molecular weight is 282 g/mol. The fourth-order valence-corrected chi connectivity index (χ4v) is 1.29. The normalized spacial score (nSPS) is 9.50. The Morgan fingerprint density at radius 3 is 2.50 bits per heavy atom. The van der Waals surface area contributed by atoms with Crippen molar-refractivity contribution < 1.29 is 29.0 Å². The van der Waals surface area contributed by atoms with Crippen molar-refractivity contribution in [3.8, 4) is 11.5 Å². The van der Waals surface area contributed by atoms with Crippen LogP contribution in [0.2, 0.25) is 0 Å². The van der Waals surface area contributed by atoms with Gasteiger partial charge in [0.2, 0.25) is 0 Å². The zero-order valence-corrected chi connectivity index (χ0v) is 10.9. The van der Waals surface area contributed by atoms with Crippen LogP contribution in [0, 0.1) is 0 Å². The molecule has 0 atom stereocenters. The summed E-state index contributed by atoms with van der Waals surface area (Å²) in [6, 6.07) is 3.31. The number of carbonyl (C=O) groups is 3. The number of aromatic carboxylic acids is 1. The van der Waals surface area contributed by atoms with Crippen molar-refractivity contribution >= 4 is 17.9 Å². The van der Waals surface area contributed by atoms with Crippen LogP contribution in [0.1, 0.15) is 10.4 Å². The summed E-state index contributed by atoms with van der Waals surface area (Å²) in [6.07, 6.45) is 0. The van der Waals surface area contributed by atoms with Crippen molar-refractivity contribution in [2.24, 2.45) is 0 Å². The third-order valence-electron chi connectivity index (χ3n) is 2.25. The molecule has 1 rings (SSSR count). The summed E-state index contributed by atoms with van der Waals surface area (Å²) in [5.74, 6) is -1.37. The van der Waals surface area contributed by atoms with E-state index in [1.807, 2.05) is 5.32 Å². The molecule has 0 aliphatic rings. The van der Waals surface area contributed by atoms with E-state index in [1.165, 1.54) is 32.4 Å². The van der Waals surface area contributed by atoms with Gasteiger partial charge < -0.3 is 19.9 Å². The molecular formula is C12H14N2O6. The molecule has 0 aromatic heterocycles.